The Kier molecular flexibility index (Phi) is 10.9. The lowest BCUT2D eigenvalue weighted by Crippen LogP contribution is -2.23. The van der Waals surface area contributed by atoms with Crippen molar-refractivity contribution in [1.82, 2.24) is 14.1 Å². The third-order valence-corrected chi connectivity index (χ3v) is 7.72. The number of benzene rings is 2. The Bertz CT molecular complexity index is 1780. The number of anilines is 3. The Balaban J connectivity index is 0.00000109. The van der Waals surface area contributed by atoms with E-state index >= 15 is 0 Å². The van der Waals surface area contributed by atoms with E-state index in [0.29, 0.717) is 22.6 Å². The van der Waals surface area contributed by atoms with E-state index in [0.717, 1.165) is 42.0 Å². The number of esters is 1. The number of nitrogens with one attached hydrogen (secondary N) is 2. The third kappa shape index (κ3) is 8.89. The number of fused-ring (bicyclic) bond motifs is 1. The number of amides is 1. The van der Waals surface area contributed by atoms with Crippen molar-refractivity contribution in [3.63, 3.8) is 0 Å². The van der Waals surface area contributed by atoms with Gasteiger partial charge in [0.2, 0.25) is 0 Å². The highest BCUT2D eigenvalue weighted by Crippen LogP contribution is 2.35. The number of methoxy groups -OCH3 is 1. The highest BCUT2D eigenvalue weighted by molar-refractivity contribution is 7.30. The second-order valence-corrected chi connectivity index (χ2v) is 12.5. The van der Waals surface area contributed by atoms with E-state index < -0.39 is 11.6 Å². The molecular formula is C35H40N5O4P. The molecule has 0 aliphatic carbocycles. The van der Waals surface area contributed by atoms with Crippen molar-refractivity contribution >= 4 is 43.1 Å². The van der Waals surface area contributed by atoms with E-state index in [4.69, 9.17) is 9.47 Å². The smallest absolute Gasteiger partial charge is 0.338 e. The summed E-state index contributed by atoms with van der Waals surface area (Å²) in [6.45, 7) is 11.7. The molecule has 0 saturated carbocycles. The number of imidazole rings is 1. The van der Waals surface area contributed by atoms with Crippen molar-refractivity contribution in [3.8, 4) is 16.6 Å². The maximum atomic E-state index is 13.1. The molecule has 3 heterocycles. The number of hydrogen-bond donors (Lipinski definition) is 2. The zero-order valence-electron chi connectivity index (χ0n) is 26.8. The van der Waals surface area contributed by atoms with Gasteiger partial charge in [0.1, 0.15) is 17.2 Å². The van der Waals surface area contributed by atoms with Crippen molar-refractivity contribution in [2.75, 3.05) is 17.7 Å². The lowest BCUT2D eigenvalue weighted by molar-refractivity contribution is 0.00694. The maximum Gasteiger partial charge on any atom is 0.338 e. The Hall–Kier alpha value is -4.75. The summed E-state index contributed by atoms with van der Waals surface area (Å²) >= 11 is 0. The van der Waals surface area contributed by atoms with Gasteiger partial charge >= 0.3 is 5.97 Å². The van der Waals surface area contributed by atoms with Gasteiger partial charge in [0.25, 0.3) is 5.91 Å². The van der Waals surface area contributed by atoms with Gasteiger partial charge in [-0.05, 0) is 87.9 Å². The first-order chi connectivity index (χ1) is 21.5. The second kappa shape index (κ2) is 14.8. The van der Waals surface area contributed by atoms with Crippen LogP contribution in [0.3, 0.4) is 0 Å². The standard InChI is InChI=1S/C31H30N5O4P.C4H10/c1-19-25(39-5)13-14-27(33-19)35-24-18-26(41-36-16-15-32-28(24)36)21-7-6-8-22(17-21)29(37)34-23-11-9-20(10-12-23)30(38)40-31(2,3)4;1-3-4-2/h6-18H,1-5H3,(H,33,35)(H,34,37);3-4H2,1-2H3. The molecule has 0 saturated heterocycles. The molecule has 2 aromatic carbocycles. The number of ether oxygens (including phenoxy) is 2. The lowest BCUT2D eigenvalue weighted by atomic mass is 10.1. The van der Waals surface area contributed by atoms with E-state index in [1.54, 1.807) is 43.6 Å². The number of carbonyl (C=O) groups is 2. The first kappa shape index (κ1) is 33.1. The van der Waals surface area contributed by atoms with Crippen LogP contribution in [0.15, 0.2) is 79.1 Å². The third-order valence-electron chi connectivity index (χ3n) is 6.58. The van der Waals surface area contributed by atoms with Gasteiger partial charge in [-0.1, -0.05) is 38.8 Å². The predicted octanol–water partition coefficient (Wildman–Crippen LogP) is 9.05. The van der Waals surface area contributed by atoms with Gasteiger partial charge in [-0.2, -0.15) is 0 Å². The number of aryl methyl sites for hydroxylation is 1. The van der Waals surface area contributed by atoms with Crippen molar-refractivity contribution in [1.29, 1.82) is 0 Å². The topological polar surface area (TPSA) is 107 Å². The molecule has 234 valence electrons. The summed E-state index contributed by atoms with van der Waals surface area (Å²) in [5.74, 6) is 0.725. The molecular weight excluding hydrogens is 585 g/mol. The summed E-state index contributed by atoms with van der Waals surface area (Å²) in [5, 5.41) is 7.28. The SMILES string of the molecule is CCCC.COc1ccc(Nc2cc(-c3cccc(C(=O)Nc4ccc(C(=O)OC(C)(C)C)cc4)c3)pn3ccnc23)nc1C. The maximum absolute atomic E-state index is 13.1. The number of pyridine rings is 1. The summed E-state index contributed by atoms with van der Waals surface area (Å²) in [6.07, 6.45) is 6.31. The summed E-state index contributed by atoms with van der Waals surface area (Å²) in [5.41, 5.74) is 4.18. The first-order valence-corrected chi connectivity index (χ1v) is 15.7. The molecule has 45 heavy (non-hydrogen) atoms. The van der Waals surface area contributed by atoms with Crippen LogP contribution >= 0.6 is 8.35 Å². The molecule has 0 aliphatic heterocycles. The van der Waals surface area contributed by atoms with Crippen LogP contribution in [0.2, 0.25) is 0 Å². The van der Waals surface area contributed by atoms with E-state index in [-0.39, 0.29) is 5.91 Å². The number of aromatic nitrogens is 3. The Morgan fingerprint density at radius 1 is 0.956 bits per heavy atom. The molecule has 3 aromatic heterocycles. The Morgan fingerprint density at radius 2 is 1.69 bits per heavy atom. The minimum Gasteiger partial charge on any atom is -0.495 e. The minimum atomic E-state index is -0.582. The van der Waals surface area contributed by atoms with Crippen molar-refractivity contribution in [3.05, 3.63) is 95.9 Å². The zero-order valence-corrected chi connectivity index (χ0v) is 27.7. The summed E-state index contributed by atoms with van der Waals surface area (Å²) in [6, 6.07) is 19.9. The van der Waals surface area contributed by atoms with E-state index in [2.05, 4.69) is 34.4 Å². The molecule has 1 amide bonds. The Labute approximate surface area is 266 Å². The molecule has 0 spiro atoms. The van der Waals surface area contributed by atoms with E-state index in [1.807, 2.05) is 74.5 Å². The molecule has 0 bridgehead atoms. The van der Waals surface area contributed by atoms with Crippen LogP contribution in [-0.4, -0.2) is 38.7 Å². The zero-order chi connectivity index (χ0) is 32.6. The Morgan fingerprint density at radius 3 is 2.33 bits per heavy atom. The number of carbonyl (C=O) groups excluding carboxylic acids is 2. The molecule has 10 heteroatoms. The molecule has 0 aliphatic rings. The van der Waals surface area contributed by atoms with Gasteiger partial charge in [-0.15, -0.1) is 0 Å². The molecule has 5 rings (SSSR count). The monoisotopic (exact) mass is 625 g/mol. The van der Waals surface area contributed by atoms with Crippen LogP contribution in [0.1, 0.15) is 73.9 Å². The molecule has 0 unspecified atom stereocenters. The highest BCUT2D eigenvalue weighted by atomic mass is 31.0. The number of unbranched alkanes of at least 4 members (excludes halogenated alkanes) is 1. The number of rotatable bonds is 8. The van der Waals surface area contributed by atoms with Crippen molar-refractivity contribution < 1.29 is 19.1 Å². The first-order valence-electron chi connectivity index (χ1n) is 14.9. The fraction of sp³-hybridized carbons (Fsp3) is 0.286. The highest BCUT2D eigenvalue weighted by Gasteiger charge is 2.18. The molecule has 9 nitrogen and oxygen atoms in total. The largest absolute Gasteiger partial charge is 0.495 e. The average molecular weight is 626 g/mol. The van der Waals surface area contributed by atoms with Gasteiger partial charge in [0.15, 0.2) is 5.65 Å². The summed E-state index contributed by atoms with van der Waals surface area (Å²) in [7, 11) is 2.53. The normalized spacial score (nSPS) is 11.1. The van der Waals surface area contributed by atoms with Crippen LogP contribution < -0.4 is 15.4 Å². The second-order valence-electron chi connectivity index (χ2n) is 11.4. The number of hydrogen-bond acceptors (Lipinski definition) is 7. The van der Waals surface area contributed by atoms with Crippen LogP contribution in [0.4, 0.5) is 17.2 Å². The van der Waals surface area contributed by atoms with Crippen LogP contribution in [0.5, 0.6) is 5.75 Å². The van der Waals surface area contributed by atoms with Crippen LogP contribution in [0.25, 0.3) is 16.5 Å². The van der Waals surface area contributed by atoms with Gasteiger partial charge in [0.05, 0.1) is 24.1 Å². The average Bonchev–Trinajstić information content (AvgIpc) is 3.50. The molecule has 2 N–H and O–H groups in total. The van der Waals surface area contributed by atoms with Gasteiger partial charge < -0.3 is 20.1 Å². The van der Waals surface area contributed by atoms with E-state index in [9.17, 15) is 9.59 Å². The van der Waals surface area contributed by atoms with E-state index in [1.165, 1.54) is 12.8 Å². The fourth-order valence-corrected chi connectivity index (χ4v) is 5.22. The van der Waals surface area contributed by atoms with Crippen molar-refractivity contribution in [2.45, 2.75) is 60.0 Å². The quantitative estimate of drug-likeness (QED) is 0.166. The molecule has 5 aromatic rings. The number of nitrogens with zero attached hydrogens (tertiary/aromatic N) is 3. The summed E-state index contributed by atoms with van der Waals surface area (Å²) < 4.78 is 12.8. The van der Waals surface area contributed by atoms with Crippen LogP contribution in [-0.2, 0) is 4.74 Å². The van der Waals surface area contributed by atoms with Gasteiger partial charge in [-0.25, -0.2) is 14.8 Å². The molecule has 0 atom stereocenters. The van der Waals surface area contributed by atoms with Crippen molar-refractivity contribution in [2.24, 2.45) is 0 Å². The minimum absolute atomic E-state index is 0.256. The predicted molar refractivity (Wildman–Crippen MR) is 182 cm³/mol. The van der Waals surface area contributed by atoms with Gasteiger partial charge in [0, 0.05) is 37.3 Å². The summed E-state index contributed by atoms with van der Waals surface area (Å²) in [4.78, 5) is 34.5. The molecule has 0 fully saturated rings. The fourth-order valence-electron chi connectivity index (χ4n) is 4.17. The van der Waals surface area contributed by atoms with Crippen LogP contribution in [0, 0.1) is 6.92 Å². The molecule has 0 radical (unpaired) electrons. The van der Waals surface area contributed by atoms with Gasteiger partial charge in [-0.3, -0.25) is 8.96 Å². The lowest BCUT2D eigenvalue weighted by Gasteiger charge is -2.19.